The Kier molecular flexibility index (Phi) is 3.24. The molecular weight excluding hydrogens is 286 g/mol. The summed E-state index contributed by atoms with van der Waals surface area (Å²) in [5, 5.41) is 4.54. The molecule has 0 radical (unpaired) electrons. The summed E-state index contributed by atoms with van der Waals surface area (Å²) in [6, 6.07) is 20.0. The van der Waals surface area contributed by atoms with Crippen molar-refractivity contribution in [2.24, 2.45) is 0 Å². The maximum absolute atomic E-state index is 6.07. The van der Waals surface area contributed by atoms with Gasteiger partial charge in [0.1, 0.15) is 0 Å². The monoisotopic (exact) mass is 301 g/mol. The van der Waals surface area contributed by atoms with E-state index < -0.39 is 0 Å². The number of benzene rings is 2. The van der Waals surface area contributed by atoms with Crippen molar-refractivity contribution in [3.8, 4) is 11.3 Å². The molecule has 0 saturated carbocycles. The van der Waals surface area contributed by atoms with Crippen LogP contribution in [0, 0.1) is 0 Å². The lowest BCUT2D eigenvalue weighted by Gasteiger charge is -2.02. The second-order valence-corrected chi connectivity index (χ2v) is 5.34. The van der Waals surface area contributed by atoms with Gasteiger partial charge in [-0.1, -0.05) is 60.7 Å². The van der Waals surface area contributed by atoms with Crippen LogP contribution in [0.15, 0.2) is 66.9 Å². The maximum Gasteiger partial charge on any atom is 0.198 e. The van der Waals surface area contributed by atoms with Gasteiger partial charge in [0.2, 0.25) is 0 Å². The molecule has 0 unspecified atom stereocenters. The summed E-state index contributed by atoms with van der Waals surface area (Å²) >= 11 is 0. The van der Waals surface area contributed by atoms with Gasteiger partial charge in [-0.05, 0) is 5.56 Å². The first kappa shape index (κ1) is 13.5. The number of rotatable bonds is 3. The highest BCUT2D eigenvalue weighted by atomic mass is 15.3. The van der Waals surface area contributed by atoms with Crippen LogP contribution in [0.5, 0.6) is 0 Å². The maximum atomic E-state index is 6.07. The summed E-state index contributed by atoms with van der Waals surface area (Å²) in [5.74, 6) is 1.12. The van der Waals surface area contributed by atoms with Gasteiger partial charge in [0.15, 0.2) is 17.3 Å². The summed E-state index contributed by atoms with van der Waals surface area (Å²) in [4.78, 5) is 8.95. The lowest BCUT2D eigenvalue weighted by Crippen LogP contribution is -1.99. The Balaban J connectivity index is 1.75. The Morgan fingerprint density at radius 1 is 0.870 bits per heavy atom. The minimum atomic E-state index is 0.387. The van der Waals surface area contributed by atoms with Gasteiger partial charge in [0.25, 0.3) is 0 Å². The van der Waals surface area contributed by atoms with Crippen molar-refractivity contribution < 1.29 is 0 Å². The van der Waals surface area contributed by atoms with Crippen LogP contribution in [0.1, 0.15) is 11.4 Å². The average molecular weight is 301 g/mol. The van der Waals surface area contributed by atoms with Crippen LogP contribution in [0.2, 0.25) is 0 Å². The number of nitrogens with two attached hydrogens (primary N) is 1. The third-order valence-electron chi connectivity index (χ3n) is 3.66. The van der Waals surface area contributed by atoms with Gasteiger partial charge in [0, 0.05) is 12.0 Å². The van der Waals surface area contributed by atoms with Gasteiger partial charge in [-0.25, -0.2) is 14.5 Å². The molecule has 2 heterocycles. The topological polar surface area (TPSA) is 69.1 Å². The molecule has 2 aromatic carbocycles. The Morgan fingerprint density at radius 3 is 2.30 bits per heavy atom. The van der Waals surface area contributed by atoms with E-state index in [1.54, 1.807) is 4.52 Å². The Labute approximate surface area is 133 Å². The molecule has 0 saturated heterocycles. The van der Waals surface area contributed by atoms with E-state index in [1.807, 2.05) is 54.7 Å². The van der Waals surface area contributed by atoms with Crippen LogP contribution in [-0.4, -0.2) is 19.6 Å². The molecule has 0 aliphatic rings. The molecule has 5 heteroatoms. The molecule has 5 nitrogen and oxygen atoms in total. The predicted molar refractivity (Wildman–Crippen MR) is 89.9 cm³/mol. The molecule has 2 N–H and O–H groups in total. The third kappa shape index (κ3) is 2.64. The van der Waals surface area contributed by atoms with Gasteiger partial charge in [-0.3, -0.25) is 0 Å². The highest BCUT2D eigenvalue weighted by Crippen LogP contribution is 2.20. The molecule has 2 aromatic heterocycles. The first-order valence-corrected chi connectivity index (χ1v) is 7.41. The molecule has 0 aliphatic carbocycles. The van der Waals surface area contributed by atoms with Crippen molar-refractivity contribution in [2.45, 2.75) is 6.42 Å². The minimum Gasteiger partial charge on any atom is -0.381 e. The smallest absolute Gasteiger partial charge is 0.198 e. The first-order chi connectivity index (χ1) is 11.3. The predicted octanol–water partition coefficient (Wildman–Crippen LogP) is 2.96. The SMILES string of the molecule is Nc1nc(-c2ccccc2)cn2nc(Cc3ccccc3)nc12. The number of nitrogens with zero attached hydrogens (tertiary/aromatic N) is 4. The van der Waals surface area contributed by atoms with E-state index in [1.165, 1.54) is 5.56 Å². The van der Waals surface area contributed by atoms with Crippen molar-refractivity contribution in [1.82, 2.24) is 19.6 Å². The van der Waals surface area contributed by atoms with Crippen LogP contribution >= 0.6 is 0 Å². The fourth-order valence-corrected chi connectivity index (χ4v) is 2.56. The van der Waals surface area contributed by atoms with E-state index in [-0.39, 0.29) is 0 Å². The molecular formula is C18H15N5. The Morgan fingerprint density at radius 2 is 1.57 bits per heavy atom. The lowest BCUT2D eigenvalue weighted by atomic mass is 10.1. The van der Waals surface area contributed by atoms with Crippen LogP contribution in [0.4, 0.5) is 5.82 Å². The van der Waals surface area contributed by atoms with Gasteiger partial charge in [-0.15, -0.1) is 0 Å². The third-order valence-corrected chi connectivity index (χ3v) is 3.66. The average Bonchev–Trinajstić information content (AvgIpc) is 2.99. The second-order valence-electron chi connectivity index (χ2n) is 5.34. The van der Waals surface area contributed by atoms with Crippen LogP contribution in [0.3, 0.4) is 0 Å². The number of fused-ring (bicyclic) bond motifs is 1. The van der Waals surface area contributed by atoms with Crippen molar-refractivity contribution in [1.29, 1.82) is 0 Å². The molecule has 0 aliphatic heterocycles. The van der Waals surface area contributed by atoms with Gasteiger partial charge in [0.05, 0.1) is 11.9 Å². The number of hydrogen-bond acceptors (Lipinski definition) is 4. The van der Waals surface area contributed by atoms with Crippen molar-refractivity contribution in [2.75, 3.05) is 5.73 Å². The number of aromatic nitrogens is 4. The Hall–Kier alpha value is -3.21. The minimum absolute atomic E-state index is 0.387. The van der Waals surface area contributed by atoms with E-state index in [2.05, 4.69) is 27.2 Å². The number of anilines is 1. The molecule has 23 heavy (non-hydrogen) atoms. The highest BCUT2D eigenvalue weighted by Gasteiger charge is 2.11. The fraction of sp³-hybridized carbons (Fsp3) is 0.0556. The van der Waals surface area contributed by atoms with Crippen molar-refractivity contribution in [3.05, 3.63) is 78.2 Å². The molecule has 4 rings (SSSR count). The zero-order valence-corrected chi connectivity index (χ0v) is 12.4. The van der Waals surface area contributed by atoms with Crippen LogP contribution in [-0.2, 0) is 6.42 Å². The van der Waals surface area contributed by atoms with Crippen molar-refractivity contribution >= 4 is 11.5 Å². The molecule has 4 aromatic rings. The number of hydrogen-bond donors (Lipinski definition) is 1. The Bertz CT molecular complexity index is 945. The summed E-state index contributed by atoms with van der Waals surface area (Å²) in [6.45, 7) is 0. The summed E-state index contributed by atoms with van der Waals surface area (Å²) in [6.07, 6.45) is 2.53. The molecule has 112 valence electrons. The molecule has 0 spiro atoms. The lowest BCUT2D eigenvalue weighted by molar-refractivity contribution is 0.896. The standard InChI is InChI=1S/C18H15N5/c19-17-18-21-16(11-13-7-3-1-4-8-13)22-23(18)12-15(20-17)14-9-5-2-6-10-14/h1-10,12H,11H2,(H2,19,20). The summed E-state index contributed by atoms with van der Waals surface area (Å²) in [5.41, 5.74) is 9.61. The normalized spacial score (nSPS) is 11.0. The highest BCUT2D eigenvalue weighted by molar-refractivity contribution is 5.67. The fourth-order valence-electron chi connectivity index (χ4n) is 2.56. The van der Waals surface area contributed by atoms with Crippen molar-refractivity contribution in [3.63, 3.8) is 0 Å². The summed E-state index contributed by atoms with van der Waals surface area (Å²) in [7, 11) is 0. The van der Waals surface area contributed by atoms with E-state index in [0.717, 1.165) is 17.1 Å². The second kappa shape index (κ2) is 5.53. The molecule has 0 atom stereocenters. The molecule has 0 fully saturated rings. The largest absolute Gasteiger partial charge is 0.381 e. The van der Waals surface area contributed by atoms with E-state index in [9.17, 15) is 0 Å². The number of nitrogen functional groups attached to an aromatic ring is 1. The molecule has 0 amide bonds. The van der Waals surface area contributed by atoms with E-state index >= 15 is 0 Å². The van der Waals surface area contributed by atoms with E-state index in [0.29, 0.717) is 17.9 Å². The van der Waals surface area contributed by atoms with Crippen LogP contribution in [0.25, 0.3) is 16.9 Å². The van der Waals surface area contributed by atoms with Gasteiger partial charge in [-0.2, -0.15) is 5.10 Å². The van der Waals surface area contributed by atoms with Gasteiger partial charge < -0.3 is 5.73 Å². The first-order valence-electron chi connectivity index (χ1n) is 7.41. The van der Waals surface area contributed by atoms with E-state index in [4.69, 9.17) is 5.73 Å². The van der Waals surface area contributed by atoms with Crippen LogP contribution < -0.4 is 5.73 Å². The van der Waals surface area contributed by atoms with Gasteiger partial charge >= 0.3 is 0 Å². The quantitative estimate of drug-likeness (QED) is 0.631. The zero-order chi connectivity index (χ0) is 15.6. The molecule has 0 bridgehead atoms. The summed E-state index contributed by atoms with van der Waals surface area (Å²) < 4.78 is 1.71. The zero-order valence-electron chi connectivity index (χ0n) is 12.4.